The Morgan fingerprint density at radius 1 is 1.24 bits per heavy atom. The number of hydrogen-bond donors (Lipinski definition) is 2. The summed E-state index contributed by atoms with van der Waals surface area (Å²) in [4.78, 5) is 12.4. The van der Waals surface area contributed by atoms with Gasteiger partial charge in [0.05, 0.1) is 11.2 Å². The van der Waals surface area contributed by atoms with Crippen molar-refractivity contribution >= 4 is 23.2 Å². The quantitative estimate of drug-likeness (QED) is 0.753. The highest BCUT2D eigenvalue weighted by atomic mass is 35.5. The first-order chi connectivity index (χ1) is 12.2. The minimum Gasteiger partial charge on any atom is -0.485 e. The maximum absolute atomic E-state index is 12.4. The van der Waals surface area contributed by atoms with Gasteiger partial charge in [0, 0.05) is 23.0 Å². The number of ether oxygens (including phenoxy) is 2. The van der Waals surface area contributed by atoms with Crippen molar-refractivity contribution in [3.05, 3.63) is 59.9 Å². The fraction of sp³-hybridized carbons (Fsp3) is 0.111. The number of halogens is 1. The first-order valence-corrected chi connectivity index (χ1v) is 8.06. The lowest BCUT2D eigenvalue weighted by Gasteiger charge is -2.25. The Labute approximate surface area is 148 Å². The summed E-state index contributed by atoms with van der Waals surface area (Å²) in [5.74, 6) is 0.905. The number of hydrogen-bond acceptors (Lipinski definition) is 4. The summed E-state index contributed by atoms with van der Waals surface area (Å²) >= 11 is 6.31. The molecule has 0 aliphatic carbocycles. The van der Waals surface area contributed by atoms with Crippen LogP contribution in [-0.2, 0) is 4.79 Å². The van der Waals surface area contributed by atoms with Crippen molar-refractivity contribution in [3.8, 4) is 22.6 Å². The topological polar surface area (TPSA) is 76.2 Å². The molecule has 0 radical (unpaired) electrons. The van der Waals surface area contributed by atoms with Crippen molar-refractivity contribution in [1.82, 2.24) is 10.2 Å². The van der Waals surface area contributed by atoms with Gasteiger partial charge in [-0.1, -0.05) is 29.8 Å². The highest BCUT2D eigenvalue weighted by Gasteiger charge is 2.27. The van der Waals surface area contributed by atoms with Gasteiger partial charge in [0.1, 0.15) is 6.61 Å². The normalized spacial score (nSPS) is 15.6. The molecule has 3 aromatic rings. The van der Waals surface area contributed by atoms with Crippen LogP contribution in [-0.4, -0.2) is 28.8 Å². The molecule has 126 valence electrons. The van der Waals surface area contributed by atoms with Crippen LogP contribution in [0.3, 0.4) is 0 Å². The van der Waals surface area contributed by atoms with Crippen LogP contribution in [0.15, 0.2) is 54.9 Å². The molecule has 25 heavy (non-hydrogen) atoms. The van der Waals surface area contributed by atoms with Crippen molar-refractivity contribution < 1.29 is 14.3 Å². The summed E-state index contributed by atoms with van der Waals surface area (Å²) in [6, 6.07) is 12.6. The van der Waals surface area contributed by atoms with E-state index < -0.39 is 6.10 Å². The van der Waals surface area contributed by atoms with Gasteiger partial charge in [-0.25, -0.2) is 0 Å². The minimum atomic E-state index is -0.720. The largest absolute Gasteiger partial charge is 0.485 e. The lowest BCUT2D eigenvalue weighted by Crippen LogP contribution is -2.40. The second kappa shape index (κ2) is 6.49. The number of carbonyl (C=O) groups excluding carboxylic acids is 1. The third-order valence-electron chi connectivity index (χ3n) is 3.85. The molecule has 1 aliphatic heterocycles. The number of anilines is 1. The number of nitrogens with zero attached hydrogens (tertiary/aromatic N) is 1. The van der Waals surface area contributed by atoms with Crippen molar-refractivity contribution in [2.24, 2.45) is 0 Å². The second-order valence-corrected chi connectivity index (χ2v) is 5.94. The number of aromatic amines is 1. The van der Waals surface area contributed by atoms with E-state index in [0.29, 0.717) is 22.2 Å². The van der Waals surface area contributed by atoms with E-state index in [9.17, 15) is 4.79 Å². The van der Waals surface area contributed by atoms with Crippen LogP contribution >= 0.6 is 11.6 Å². The zero-order valence-electron chi connectivity index (χ0n) is 13.0. The van der Waals surface area contributed by atoms with Gasteiger partial charge in [-0.2, -0.15) is 5.10 Å². The summed E-state index contributed by atoms with van der Waals surface area (Å²) in [6.45, 7) is 0.156. The first kappa shape index (κ1) is 15.5. The van der Waals surface area contributed by atoms with Gasteiger partial charge < -0.3 is 14.8 Å². The summed E-state index contributed by atoms with van der Waals surface area (Å²) in [7, 11) is 0. The highest BCUT2D eigenvalue weighted by molar-refractivity contribution is 6.33. The summed E-state index contributed by atoms with van der Waals surface area (Å²) in [5, 5.41) is 9.97. The van der Waals surface area contributed by atoms with Gasteiger partial charge in [0.25, 0.3) is 5.91 Å². The van der Waals surface area contributed by atoms with Gasteiger partial charge >= 0.3 is 0 Å². The van der Waals surface area contributed by atoms with Crippen molar-refractivity contribution in [2.75, 3.05) is 11.9 Å². The van der Waals surface area contributed by atoms with Crippen LogP contribution in [0, 0.1) is 0 Å². The Hall–Kier alpha value is -2.99. The van der Waals surface area contributed by atoms with E-state index in [4.69, 9.17) is 21.1 Å². The first-order valence-electron chi connectivity index (χ1n) is 7.69. The molecule has 0 bridgehead atoms. The molecule has 0 saturated heterocycles. The molecule has 1 aliphatic rings. The van der Waals surface area contributed by atoms with Crippen LogP contribution < -0.4 is 14.8 Å². The molecule has 2 N–H and O–H groups in total. The SMILES string of the molecule is O=C(Nc1ccc(-c2cn[nH]c2)c(Cl)c1)[C@H]1COc2ccccc2O1. The average Bonchev–Trinajstić information content (AvgIpc) is 3.15. The summed E-state index contributed by atoms with van der Waals surface area (Å²) in [5.41, 5.74) is 2.30. The van der Waals surface area contributed by atoms with E-state index in [-0.39, 0.29) is 12.5 Å². The van der Waals surface area contributed by atoms with Crippen LogP contribution in [0.5, 0.6) is 11.5 Å². The molecule has 6 nitrogen and oxygen atoms in total. The average molecular weight is 356 g/mol. The van der Waals surface area contributed by atoms with Crippen LogP contribution in [0.4, 0.5) is 5.69 Å². The Bertz CT molecular complexity index is 912. The van der Waals surface area contributed by atoms with Gasteiger partial charge in [-0.3, -0.25) is 9.89 Å². The molecule has 2 heterocycles. The molecule has 1 amide bonds. The number of fused-ring (bicyclic) bond motifs is 1. The molecule has 7 heteroatoms. The molecule has 1 aromatic heterocycles. The predicted octanol–water partition coefficient (Wildman–Crippen LogP) is 3.51. The third-order valence-corrected chi connectivity index (χ3v) is 4.16. The molecule has 4 rings (SSSR count). The van der Waals surface area contributed by atoms with E-state index in [1.54, 1.807) is 36.7 Å². The Morgan fingerprint density at radius 3 is 2.84 bits per heavy atom. The van der Waals surface area contributed by atoms with Crippen molar-refractivity contribution in [3.63, 3.8) is 0 Å². The fourth-order valence-corrected chi connectivity index (χ4v) is 2.89. The number of rotatable bonds is 3. The van der Waals surface area contributed by atoms with E-state index >= 15 is 0 Å². The second-order valence-electron chi connectivity index (χ2n) is 5.54. The standard InChI is InChI=1S/C18H14ClN3O3/c19-14-7-12(5-6-13(14)11-8-20-21-9-11)22-18(23)17-10-24-15-3-1-2-4-16(15)25-17/h1-9,17H,10H2,(H,20,21)(H,22,23)/t17-/m1/s1. The zero-order chi connectivity index (χ0) is 17.2. The lowest BCUT2D eigenvalue weighted by atomic mass is 10.1. The number of benzene rings is 2. The highest BCUT2D eigenvalue weighted by Crippen LogP contribution is 2.32. The van der Waals surface area contributed by atoms with Gasteiger partial charge in [-0.15, -0.1) is 0 Å². The van der Waals surface area contributed by atoms with E-state index in [2.05, 4.69) is 15.5 Å². The third kappa shape index (κ3) is 3.16. The van der Waals surface area contributed by atoms with Gasteiger partial charge in [0.2, 0.25) is 6.10 Å². The Kier molecular flexibility index (Phi) is 4.03. The molecular weight excluding hydrogens is 342 g/mol. The van der Waals surface area contributed by atoms with E-state index in [1.807, 2.05) is 18.2 Å². The molecule has 0 spiro atoms. The maximum Gasteiger partial charge on any atom is 0.269 e. The summed E-state index contributed by atoms with van der Waals surface area (Å²) < 4.78 is 11.3. The minimum absolute atomic E-state index is 0.156. The monoisotopic (exact) mass is 355 g/mol. The fourth-order valence-electron chi connectivity index (χ4n) is 2.60. The van der Waals surface area contributed by atoms with Crippen LogP contribution in [0.1, 0.15) is 0 Å². The molecule has 0 unspecified atom stereocenters. The molecular formula is C18H14ClN3O3. The Morgan fingerprint density at radius 2 is 2.08 bits per heavy atom. The Balaban J connectivity index is 1.47. The number of para-hydroxylation sites is 2. The number of nitrogens with one attached hydrogen (secondary N) is 2. The molecule has 2 aromatic carbocycles. The molecule has 0 fully saturated rings. The number of H-pyrrole nitrogens is 1. The lowest BCUT2D eigenvalue weighted by molar-refractivity contribution is -0.125. The number of aromatic nitrogens is 2. The summed E-state index contributed by atoms with van der Waals surface area (Å²) in [6.07, 6.45) is 2.72. The smallest absolute Gasteiger partial charge is 0.269 e. The predicted molar refractivity (Wildman–Crippen MR) is 94.0 cm³/mol. The van der Waals surface area contributed by atoms with Crippen molar-refractivity contribution in [2.45, 2.75) is 6.10 Å². The molecule has 0 saturated carbocycles. The molecule has 1 atom stereocenters. The maximum atomic E-state index is 12.4. The van der Waals surface area contributed by atoms with Gasteiger partial charge in [0.15, 0.2) is 11.5 Å². The number of amides is 1. The van der Waals surface area contributed by atoms with Crippen LogP contribution in [0.2, 0.25) is 5.02 Å². The van der Waals surface area contributed by atoms with Crippen molar-refractivity contribution in [1.29, 1.82) is 0 Å². The van der Waals surface area contributed by atoms with E-state index in [1.165, 1.54) is 0 Å². The zero-order valence-corrected chi connectivity index (χ0v) is 13.8. The number of carbonyl (C=O) groups is 1. The van der Waals surface area contributed by atoms with E-state index in [0.717, 1.165) is 11.1 Å². The van der Waals surface area contributed by atoms with Gasteiger partial charge in [-0.05, 0) is 24.3 Å². The van der Waals surface area contributed by atoms with Crippen LogP contribution in [0.25, 0.3) is 11.1 Å².